The highest BCUT2D eigenvalue weighted by Gasteiger charge is 2.25. The van der Waals surface area contributed by atoms with Gasteiger partial charge in [-0.1, -0.05) is 37.5 Å². The van der Waals surface area contributed by atoms with Crippen LogP contribution in [0.1, 0.15) is 44.7 Å². The Morgan fingerprint density at radius 2 is 1.88 bits per heavy atom. The van der Waals surface area contributed by atoms with Crippen LogP contribution in [0.3, 0.4) is 0 Å². The molecule has 0 aliphatic heterocycles. The van der Waals surface area contributed by atoms with Crippen molar-refractivity contribution < 1.29 is 4.79 Å². The van der Waals surface area contributed by atoms with E-state index in [0.717, 1.165) is 24.8 Å². The Balaban J connectivity index is 1.90. The van der Waals surface area contributed by atoms with Crippen LogP contribution in [-0.4, -0.2) is 33.2 Å². The molecule has 24 heavy (non-hydrogen) atoms. The third-order valence-electron chi connectivity index (χ3n) is 5.03. The van der Waals surface area contributed by atoms with Crippen molar-refractivity contribution in [3.63, 3.8) is 0 Å². The highest BCUT2D eigenvalue weighted by molar-refractivity contribution is 5.88. The second kappa shape index (κ2) is 7.16. The zero-order valence-corrected chi connectivity index (χ0v) is 14.5. The van der Waals surface area contributed by atoms with E-state index in [1.165, 1.54) is 23.9 Å². The zero-order valence-electron chi connectivity index (χ0n) is 14.5. The number of benzene rings is 1. The molecule has 0 bridgehead atoms. The third-order valence-corrected chi connectivity index (χ3v) is 5.03. The van der Waals surface area contributed by atoms with Gasteiger partial charge in [0.15, 0.2) is 0 Å². The summed E-state index contributed by atoms with van der Waals surface area (Å²) in [6.45, 7) is 2.77. The quantitative estimate of drug-likeness (QED) is 0.867. The molecule has 0 saturated heterocycles. The zero-order chi connectivity index (χ0) is 17.1. The van der Waals surface area contributed by atoms with E-state index in [4.69, 9.17) is 0 Å². The molecule has 0 atom stereocenters. The summed E-state index contributed by atoms with van der Waals surface area (Å²) < 4.78 is 1.34. The molecule has 3 rings (SSSR count). The lowest BCUT2D eigenvalue weighted by Crippen LogP contribution is -2.42. The van der Waals surface area contributed by atoms with Crippen LogP contribution in [-0.2, 0) is 18.3 Å². The first kappa shape index (κ1) is 16.7. The molecular formula is C19H25N3O2. The van der Waals surface area contributed by atoms with Gasteiger partial charge >= 0.3 is 0 Å². The van der Waals surface area contributed by atoms with E-state index in [1.54, 1.807) is 13.1 Å². The number of carbonyl (C=O) groups excluding carboxylic acids is 1. The van der Waals surface area contributed by atoms with Gasteiger partial charge in [0, 0.05) is 25.0 Å². The average molecular weight is 327 g/mol. The number of fused-ring (bicyclic) bond motifs is 1. The standard InChI is InChI=1S/C19H25N3O2/c1-3-22(14-9-5-4-6-10-14)18(23)13-17-15-11-7-8-12-16(15)19(24)21(2)20-17/h7-8,11-12,14H,3-6,9-10,13H2,1-2H3. The fourth-order valence-corrected chi connectivity index (χ4v) is 3.78. The van der Waals surface area contributed by atoms with Crippen molar-refractivity contribution in [1.82, 2.24) is 14.7 Å². The smallest absolute Gasteiger partial charge is 0.274 e. The van der Waals surface area contributed by atoms with E-state index in [2.05, 4.69) is 5.10 Å². The predicted octanol–water partition coefficient (Wildman–Crippen LogP) is 2.66. The van der Waals surface area contributed by atoms with Crippen molar-refractivity contribution >= 4 is 16.7 Å². The molecule has 1 aromatic carbocycles. The van der Waals surface area contributed by atoms with Crippen LogP contribution in [0, 0.1) is 0 Å². The van der Waals surface area contributed by atoms with Gasteiger partial charge in [-0.25, -0.2) is 4.68 Å². The van der Waals surface area contributed by atoms with E-state index in [-0.39, 0.29) is 17.9 Å². The van der Waals surface area contributed by atoms with Crippen molar-refractivity contribution in [2.24, 2.45) is 7.05 Å². The molecule has 1 fully saturated rings. The average Bonchev–Trinajstić information content (AvgIpc) is 2.61. The fraction of sp³-hybridized carbons (Fsp3) is 0.526. The maximum absolute atomic E-state index is 12.9. The maximum atomic E-state index is 12.9. The van der Waals surface area contributed by atoms with Crippen molar-refractivity contribution in [3.05, 3.63) is 40.3 Å². The topological polar surface area (TPSA) is 55.2 Å². The van der Waals surface area contributed by atoms with E-state index >= 15 is 0 Å². The molecule has 1 saturated carbocycles. The minimum absolute atomic E-state index is 0.112. The minimum atomic E-state index is -0.124. The summed E-state index contributed by atoms with van der Waals surface area (Å²) >= 11 is 0. The number of rotatable bonds is 4. The Morgan fingerprint density at radius 3 is 2.54 bits per heavy atom. The molecule has 1 heterocycles. The molecule has 0 unspecified atom stereocenters. The largest absolute Gasteiger partial charge is 0.340 e. The molecule has 5 nitrogen and oxygen atoms in total. The summed E-state index contributed by atoms with van der Waals surface area (Å²) in [7, 11) is 1.64. The number of nitrogens with zero attached hydrogens (tertiary/aromatic N) is 3. The summed E-state index contributed by atoms with van der Waals surface area (Å²) in [6, 6.07) is 7.76. The lowest BCUT2D eigenvalue weighted by atomic mass is 9.94. The molecule has 128 valence electrons. The molecule has 0 spiro atoms. The Morgan fingerprint density at radius 1 is 1.21 bits per heavy atom. The summed E-state index contributed by atoms with van der Waals surface area (Å²) in [6.07, 6.45) is 6.13. The number of likely N-dealkylation sites (N-methyl/N-ethyl adjacent to an activating group) is 1. The molecule has 1 aliphatic rings. The predicted molar refractivity (Wildman–Crippen MR) is 94.9 cm³/mol. The van der Waals surface area contributed by atoms with Crippen molar-refractivity contribution in [1.29, 1.82) is 0 Å². The number of hydrogen-bond donors (Lipinski definition) is 0. The van der Waals surface area contributed by atoms with Crippen molar-refractivity contribution in [2.45, 2.75) is 51.5 Å². The van der Waals surface area contributed by atoms with Gasteiger partial charge in [0.1, 0.15) is 0 Å². The summed E-state index contributed by atoms with van der Waals surface area (Å²) in [5.74, 6) is 0.112. The van der Waals surface area contributed by atoms with Crippen LogP contribution in [0.25, 0.3) is 10.8 Å². The van der Waals surface area contributed by atoms with Crippen LogP contribution < -0.4 is 5.56 Å². The van der Waals surface area contributed by atoms with Crippen molar-refractivity contribution in [2.75, 3.05) is 6.54 Å². The van der Waals surface area contributed by atoms with Gasteiger partial charge in [-0.2, -0.15) is 5.10 Å². The lowest BCUT2D eigenvalue weighted by molar-refractivity contribution is -0.133. The Kier molecular flexibility index (Phi) is 4.97. The van der Waals surface area contributed by atoms with Crippen LogP contribution >= 0.6 is 0 Å². The second-order valence-corrected chi connectivity index (χ2v) is 6.57. The van der Waals surface area contributed by atoms with E-state index < -0.39 is 0 Å². The molecule has 1 aliphatic carbocycles. The molecule has 1 aromatic heterocycles. The molecule has 1 amide bonds. The van der Waals surface area contributed by atoms with E-state index in [1.807, 2.05) is 30.0 Å². The monoisotopic (exact) mass is 327 g/mol. The van der Waals surface area contributed by atoms with Gasteiger partial charge in [-0.15, -0.1) is 0 Å². The van der Waals surface area contributed by atoms with Crippen LogP contribution in [0.15, 0.2) is 29.1 Å². The number of hydrogen-bond acceptors (Lipinski definition) is 3. The minimum Gasteiger partial charge on any atom is -0.340 e. The van der Waals surface area contributed by atoms with Gasteiger partial charge < -0.3 is 4.90 Å². The van der Waals surface area contributed by atoms with Crippen molar-refractivity contribution in [3.8, 4) is 0 Å². The Bertz CT molecular complexity index is 791. The molecule has 0 N–H and O–H groups in total. The molecule has 2 aromatic rings. The normalized spacial score (nSPS) is 15.6. The van der Waals surface area contributed by atoms with Crippen LogP contribution in [0.4, 0.5) is 0 Å². The van der Waals surface area contributed by atoms with Gasteiger partial charge in [0.25, 0.3) is 5.56 Å². The number of aromatic nitrogens is 2. The first-order valence-electron chi connectivity index (χ1n) is 8.86. The first-order chi connectivity index (χ1) is 11.6. The third kappa shape index (κ3) is 3.21. The molecule has 0 radical (unpaired) electrons. The van der Waals surface area contributed by atoms with Gasteiger partial charge in [-0.05, 0) is 25.8 Å². The Labute approximate surface area is 142 Å². The van der Waals surface area contributed by atoms with Gasteiger partial charge in [0.05, 0.1) is 17.5 Å². The number of aryl methyl sites for hydroxylation is 1. The van der Waals surface area contributed by atoms with Gasteiger partial charge in [-0.3, -0.25) is 9.59 Å². The fourth-order valence-electron chi connectivity index (χ4n) is 3.78. The maximum Gasteiger partial charge on any atom is 0.274 e. The number of amides is 1. The second-order valence-electron chi connectivity index (χ2n) is 6.57. The molecule has 5 heteroatoms. The first-order valence-corrected chi connectivity index (χ1v) is 8.86. The summed E-state index contributed by atoms with van der Waals surface area (Å²) in [5.41, 5.74) is 0.563. The van der Waals surface area contributed by atoms with Crippen LogP contribution in [0.2, 0.25) is 0 Å². The number of carbonyl (C=O) groups is 1. The SMILES string of the molecule is CCN(C(=O)Cc1nn(C)c(=O)c2ccccc12)C1CCCCC1. The van der Waals surface area contributed by atoms with E-state index in [0.29, 0.717) is 17.1 Å². The Hall–Kier alpha value is -2.17. The highest BCUT2D eigenvalue weighted by Crippen LogP contribution is 2.23. The lowest BCUT2D eigenvalue weighted by Gasteiger charge is -2.33. The van der Waals surface area contributed by atoms with E-state index in [9.17, 15) is 9.59 Å². The highest BCUT2D eigenvalue weighted by atomic mass is 16.2. The summed E-state index contributed by atoms with van der Waals surface area (Å²) in [4.78, 5) is 27.1. The summed E-state index contributed by atoms with van der Waals surface area (Å²) in [5, 5.41) is 5.77. The van der Waals surface area contributed by atoms with Gasteiger partial charge in [0.2, 0.25) is 5.91 Å². The molecular weight excluding hydrogens is 302 g/mol. The van der Waals surface area contributed by atoms with Crippen LogP contribution in [0.5, 0.6) is 0 Å².